The van der Waals surface area contributed by atoms with Crippen LogP contribution in [0.2, 0.25) is 10.0 Å². The minimum absolute atomic E-state index is 0.0132. The van der Waals surface area contributed by atoms with E-state index in [1.165, 1.54) is 56.2 Å². The first-order valence-electron chi connectivity index (χ1n) is 10.1. The van der Waals surface area contributed by atoms with Crippen LogP contribution in [0.25, 0.3) is 0 Å². The van der Waals surface area contributed by atoms with E-state index in [2.05, 4.69) is 30.7 Å². The molecule has 1 aliphatic heterocycles. The summed E-state index contributed by atoms with van der Waals surface area (Å²) in [6.07, 6.45) is 1.38. The van der Waals surface area contributed by atoms with Crippen molar-refractivity contribution in [3.05, 3.63) is 52.1 Å². The molecule has 10 heteroatoms. The Balaban J connectivity index is 0.000000451. The summed E-state index contributed by atoms with van der Waals surface area (Å²) < 4.78 is 0. The molecule has 1 aliphatic rings. The fraction of sp³-hybridized carbons (Fsp3) is 0.364. The molecule has 1 aromatic carbocycles. The van der Waals surface area contributed by atoms with Gasteiger partial charge in [-0.2, -0.15) is 0 Å². The fourth-order valence-electron chi connectivity index (χ4n) is 3.04. The third-order valence-electron chi connectivity index (χ3n) is 4.86. The number of benzene rings is 1. The number of halogens is 2. The quantitative estimate of drug-likeness (QED) is 0.546. The highest BCUT2D eigenvalue weighted by Gasteiger charge is 2.41. The average molecular weight is 498 g/mol. The van der Waals surface area contributed by atoms with Gasteiger partial charge in [0.25, 0.3) is 0 Å². The first-order chi connectivity index (χ1) is 15.2. The molecule has 1 fully saturated rings. The number of rotatable bonds is 7. The number of aromatic carboxylic acids is 1. The standard InChI is InChI=1S/C16H10Cl2N2O4S.C6H15N/c17-10-4-3-8(6-11(10)18)20-13(21)7-12(15(20)22)25-14-9(16(23)24)2-1-5-19-14;1-4-7(5-2)6-3/h1-6,12H,7H2,(H,23,24);4-6H2,1-3H3. The molecular formula is C22H25Cl2N3O4S. The van der Waals surface area contributed by atoms with E-state index in [4.69, 9.17) is 23.2 Å². The normalized spacial score (nSPS) is 15.7. The van der Waals surface area contributed by atoms with Crippen molar-refractivity contribution in [3.8, 4) is 0 Å². The van der Waals surface area contributed by atoms with Crippen LogP contribution in [0.15, 0.2) is 41.6 Å². The SMILES string of the molecule is CCN(CC)CC.O=C(O)c1cccnc1SC1CC(=O)N(c2ccc(Cl)c(Cl)c2)C1=O. The molecule has 0 aliphatic carbocycles. The summed E-state index contributed by atoms with van der Waals surface area (Å²) in [7, 11) is 0. The summed E-state index contributed by atoms with van der Waals surface area (Å²) in [5.74, 6) is -1.99. The van der Waals surface area contributed by atoms with Crippen LogP contribution in [0.1, 0.15) is 37.6 Å². The van der Waals surface area contributed by atoms with Gasteiger partial charge in [-0.3, -0.25) is 9.59 Å². The zero-order chi connectivity index (χ0) is 23.8. The third-order valence-corrected chi connectivity index (χ3v) is 6.80. The lowest BCUT2D eigenvalue weighted by Crippen LogP contribution is -2.31. The minimum atomic E-state index is -1.14. The van der Waals surface area contributed by atoms with Gasteiger partial charge in [0.05, 0.1) is 26.5 Å². The van der Waals surface area contributed by atoms with Gasteiger partial charge in [0, 0.05) is 12.6 Å². The Morgan fingerprint density at radius 2 is 1.81 bits per heavy atom. The van der Waals surface area contributed by atoms with Gasteiger partial charge < -0.3 is 10.0 Å². The van der Waals surface area contributed by atoms with Gasteiger partial charge in [-0.05, 0) is 50.0 Å². The van der Waals surface area contributed by atoms with Crippen LogP contribution < -0.4 is 4.90 Å². The molecule has 1 atom stereocenters. The summed E-state index contributed by atoms with van der Waals surface area (Å²) in [5.41, 5.74) is 0.313. The lowest BCUT2D eigenvalue weighted by Gasteiger charge is -2.15. The first-order valence-corrected chi connectivity index (χ1v) is 11.8. The van der Waals surface area contributed by atoms with Crippen molar-refractivity contribution in [1.29, 1.82) is 0 Å². The smallest absolute Gasteiger partial charge is 0.338 e. The van der Waals surface area contributed by atoms with Crippen molar-refractivity contribution in [1.82, 2.24) is 9.88 Å². The van der Waals surface area contributed by atoms with Gasteiger partial charge in [0.1, 0.15) is 5.03 Å². The van der Waals surface area contributed by atoms with Gasteiger partial charge in [0.2, 0.25) is 11.8 Å². The van der Waals surface area contributed by atoms with Crippen molar-refractivity contribution in [2.45, 2.75) is 37.5 Å². The van der Waals surface area contributed by atoms with E-state index in [1.807, 2.05) is 0 Å². The number of aromatic nitrogens is 1. The molecule has 7 nitrogen and oxygen atoms in total. The number of carbonyl (C=O) groups is 3. The molecule has 0 radical (unpaired) electrons. The summed E-state index contributed by atoms with van der Waals surface area (Å²) in [6, 6.07) is 7.37. The number of hydrogen-bond donors (Lipinski definition) is 1. The van der Waals surface area contributed by atoms with Crippen LogP contribution in [0, 0.1) is 0 Å². The number of carboxylic acid groups (broad SMARTS) is 1. The van der Waals surface area contributed by atoms with Crippen molar-refractivity contribution in [2.75, 3.05) is 24.5 Å². The predicted molar refractivity (Wildman–Crippen MR) is 128 cm³/mol. The van der Waals surface area contributed by atoms with E-state index in [9.17, 15) is 19.5 Å². The Kier molecular flexibility index (Phi) is 9.96. The Morgan fingerprint density at radius 1 is 1.16 bits per heavy atom. The number of thioether (sulfide) groups is 1. The topological polar surface area (TPSA) is 90.8 Å². The maximum Gasteiger partial charge on any atom is 0.338 e. The predicted octanol–water partition coefficient (Wildman–Crippen LogP) is 4.86. The van der Waals surface area contributed by atoms with E-state index in [1.54, 1.807) is 0 Å². The van der Waals surface area contributed by atoms with Crippen LogP contribution in [0.4, 0.5) is 5.69 Å². The van der Waals surface area contributed by atoms with Crippen molar-refractivity contribution < 1.29 is 19.5 Å². The van der Waals surface area contributed by atoms with Gasteiger partial charge in [0.15, 0.2) is 0 Å². The molecular weight excluding hydrogens is 473 g/mol. The maximum absolute atomic E-state index is 12.6. The van der Waals surface area contributed by atoms with Crippen molar-refractivity contribution in [3.63, 3.8) is 0 Å². The van der Waals surface area contributed by atoms with Crippen LogP contribution in [0.3, 0.4) is 0 Å². The van der Waals surface area contributed by atoms with Crippen LogP contribution >= 0.6 is 35.0 Å². The summed E-state index contributed by atoms with van der Waals surface area (Å²) in [6.45, 7) is 10.1. The summed E-state index contributed by atoms with van der Waals surface area (Å²) >= 11 is 12.8. The highest BCUT2D eigenvalue weighted by atomic mass is 35.5. The zero-order valence-electron chi connectivity index (χ0n) is 18.0. The first kappa shape index (κ1) is 26.1. The van der Waals surface area contributed by atoms with Gasteiger partial charge in [-0.15, -0.1) is 0 Å². The summed E-state index contributed by atoms with van der Waals surface area (Å²) in [4.78, 5) is 43.6. The monoisotopic (exact) mass is 497 g/mol. The molecule has 0 bridgehead atoms. The Hall–Kier alpha value is -2.13. The lowest BCUT2D eigenvalue weighted by molar-refractivity contribution is -0.121. The number of pyridine rings is 1. The number of imide groups is 1. The van der Waals surface area contributed by atoms with Crippen LogP contribution in [0.5, 0.6) is 0 Å². The second-order valence-corrected chi connectivity index (χ2v) is 8.76. The second-order valence-electron chi connectivity index (χ2n) is 6.76. The van der Waals surface area contributed by atoms with Gasteiger partial charge >= 0.3 is 5.97 Å². The third kappa shape index (κ3) is 6.45. The molecule has 3 rings (SSSR count). The minimum Gasteiger partial charge on any atom is -0.478 e. The van der Waals surface area contributed by atoms with E-state index in [0.717, 1.165) is 16.7 Å². The summed E-state index contributed by atoms with van der Waals surface area (Å²) in [5, 5.41) is 9.18. The molecule has 2 heterocycles. The molecule has 1 saturated heterocycles. The molecule has 1 aromatic heterocycles. The molecule has 0 saturated carbocycles. The van der Waals surface area contributed by atoms with Crippen LogP contribution in [-0.4, -0.2) is 57.7 Å². The largest absolute Gasteiger partial charge is 0.478 e. The van der Waals surface area contributed by atoms with E-state index >= 15 is 0 Å². The van der Waals surface area contributed by atoms with E-state index in [-0.39, 0.29) is 22.0 Å². The average Bonchev–Trinajstić information content (AvgIpc) is 3.05. The lowest BCUT2D eigenvalue weighted by atomic mass is 10.3. The Bertz CT molecular complexity index is 980. The highest BCUT2D eigenvalue weighted by molar-refractivity contribution is 8.00. The highest BCUT2D eigenvalue weighted by Crippen LogP contribution is 2.36. The molecule has 32 heavy (non-hydrogen) atoms. The number of nitrogens with zero attached hydrogens (tertiary/aromatic N) is 3. The Labute approximate surface area is 201 Å². The zero-order valence-corrected chi connectivity index (χ0v) is 20.4. The van der Waals surface area contributed by atoms with Crippen LogP contribution in [-0.2, 0) is 9.59 Å². The van der Waals surface area contributed by atoms with Crippen molar-refractivity contribution in [2.24, 2.45) is 0 Å². The maximum atomic E-state index is 12.6. The molecule has 1 N–H and O–H groups in total. The van der Waals surface area contributed by atoms with E-state index in [0.29, 0.717) is 10.7 Å². The Morgan fingerprint density at radius 3 is 2.34 bits per heavy atom. The fourth-order valence-corrected chi connectivity index (χ4v) is 4.44. The van der Waals surface area contributed by atoms with E-state index < -0.39 is 23.0 Å². The molecule has 2 aromatic rings. The number of amides is 2. The number of anilines is 1. The van der Waals surface area contributed by atoms with Gasteiger partial charge in [-0.1, -0.05) is 55.7 Å². The van der Waals surface area contributed by atoms with Crippen molar-refractivity contribution >= 4 is 58.4 Å². The number of carbonyl (C=O) groups excluding carboxylic acids is 2. The second kappa shape index (κ2) is 12.2. The molecule has 1 unspecified atom stereocenters. The number of carboxylic acids is 1. The molecule has 172 valence electrons. The molecule has 0 spiro atoms. The molecule has 2 amide bonds. The number of hydrogen-bond acceptors (Lipinski definition) is 6. The van der Waals surface area contributed by atoms with Gasteiger partial charge in [-0.25, -0.2) is 14.7 Å².